The molecule has 3 nitrogen and oxygen atoms in total. The first kappa shape index (κ1) is 15.2. The summed E-state index contributed by atoms with van der Waals surface area (Å²) in [5.74, 6) is -0.201. The molecule has 0 saturated heterocycles. The van der Waals surface area contributed by atoms with Crippen LogP contribution in [0, 0.1) is 5.82 Å². The number of rotatable bonds is 5. The van der Waals surface area contributed by atoms with Crippen LogP contribution >= 0.6 is 11.3 Å². The summed E-state index contributed by atoms with van der Waals surface area (Å²) in [6, 6.07) is 8.83. The lowest BCUT2D eigenvalue weighted by Crippen LogP contribution is -2.40. The van der Waals surface area contributed by atoms with Crippen molar-refractivity contribution < 1.29 is 9.18 Å². The highest BCUT2D eigenvalue weighted by atomic mass is 32.1. The Bertz CT molecular complexity index is 656. The second-order valence-electron chi connectivity index (χ2n) is 5.52. The number of thiophene rings is 1. The van der Waals surface area contributed by atoms with Gasteiger partial charge in [0.15, 0.2) is 0 Å². The molecule has 2 aromatic rings. The van der Waals surface area contributed by atoms with Gasteiger partial charge in [0.2, 0.25) is 5.91 Å². The van der Waals surface area contributed by atoms with E-state index >= 15 is 0 Å². The molecule has 0 spiro atoms. The van der Waals surface area contributed by atoms with Crippen molar-refractivity contribution in [2.45, 2.75) is 19.4 Å². The number of carbonyl (C=O) groups excluding carboxylic acids is 1. The Morgan fingerprint density at radius 1 is 1.32 bits per heavy atom. The average molecular weight is 318 g/mol. The molecule has 5 heteroatoms. The number of nitrogens with one attached hydrogen (secondary N) is 1. The van der Waals surface area contributed by atoms with Crippen LogP contribution in [0.4, 0.5) is 4.39 Å². The summed E-state index contributed by atoms with van der Waals surface area (Å²) < 4.78 is 13.5. The predicted molar refractivity (Wildman–Crippen MR) is 86.4 cm³/mol. The highest BCUT2D eigenvalue weighted by Gasteiger charge is 2.18. The van der Waals surface area contributed by atoms with Crippen LogP contribution in [0.3, 0.4) is 0 Å². The number of nitrogens with zero attached hydrogens (tertiary/aromatic N) is 1. The molecule has 1 amide bonds. The summed E-state index contributed by atoms with van der Waals surface area (Å²) in [5, 5.41) is 4.99. The van der Waals surface area contributed by atoms with Crippen LogP contribution in [-0.2, 0) is 24.2 Å². The van der Waals surface area contributed by atoms with E-state index in [1.54, 1.807) is 23.5 Å². The molecule has 1 aliphatic heterocycles. The minimum Gasteiger partial charge on any atom is -0.355 e. The topological polar surface area (TPSA) is 32.3 Å². The van der Waals surface area contributed by atoms with Crippen molar-refractivity contribution in [1.29, 1.82) is 0 Å². The van der Waals surface area contributed by atoms with Gasteiger partial charge in [0.05, 0.1) is 6.54 Å². The third kappa shape index (κ3) is 3.72. The lowest BCUT2D eigenvalue weighted by atomic mass is 10.1. The molecule has 1 aromatic heterocycles. The average Bonchev–Trinajstić information content (AvgIpc) is 2.97. The van der Waals surface area contributed by atoms with Crippen LogP contribution in [0.25, 0.3) is 0 Å². The highest BCUT2D eigenvalue weighted by Crippen LogP contribution is 2.23. The lowest BCUT2D eigenvalue weighted by Gasteiger charge is -2.26. The first-order valence-electron chi connectivity index (χ1n) is 7.50. The largest absolute Gasteiger partial charge is 0.355 e. The number of benzene rings is 1. The first-order valence-corrected chi connectivity index (χ1v) is 8.38. The van der Waals surface area contributed by atoms with E-state index < -0.39 is 0 Å². The van der Waals surface area contributed by atoms with Gasteiger partial charge in [-0.1, -0.05) is 18.2 Å². The van der Waals surface area contributed by atoms with Crippen molar-refractivity contribution >= 4 is 17.2 Å². The number of hydrogen-bond donors (Lipinski definition) is 1. The van der Waals surface area contributed by atoms with E-state index in [1.165, 1.54) is 16.5 Å². The normalized spacial score (nSPS) is 14.6. The van der Waals surface area contributed by atoms with Crippen LogP contribution in [0.2, 0.25) is 0 Å². The molecular formula is C17H19FN2OS. The maximum Gasteiger partial charge on any atom is 0.234 e. The number of carbonyl (C=O) groups is 1. The first-order chi connectivity index (χ1) is 10.7. The maximum absolute atomic E-state index is 13.5. The molecule has 116 valence electrons. The van der Waals surface area contributed by atoms with Crippen LogP contribution in [0.5, 0.6) is 0 Å². The van der Waals surface area contributed by atoms with Gasteiger partial charge >= 0.3 is 0 Å². The third-order valence-electron chi connectivity index (χ3n) is 3.93. The zero-order chi connectivity index (χ0) is 15.4. The number of hydrogen-bond acceptors (Lipinski definition) is 3. The molecular weight excluding hydrogens is 299 g/mol. The van der Waals surface area contributed by atoms with E-state index in [1.807, 2.05) is 6.07 Å². The van der Waals surface area contributed by atoms with E-state index in [-0.39, 0.29) is 11.7 Å². The Kier molecular flexibility index (Phi) is 4.85. The summed E-state index contributed by atoms with van der Waals surface area (Å²) in [6.45, 7) is 2.65. The maximum atomic E-state index is 13.5. The molecule has 0 saturated carbocycles. The molecule has 22 heavy (non-hydrogen) atoms. The summed E-state index contributed by atoms with van der Waals surface area (Å²) in [5.41, 5.74) is 1.99. The minimum atomic E-state index is -0.210. The monoisotopic (exact) mass is 318 g/mol. The Morgan fingerprint density at radius 2 is 2.18 bits per heavy atom. The van der Waals surface area contributed by atoms with Crippen LogP contribution in [0.1, 0.15) is 16.0 Å². The summed E-state index contributed by atoms with van der Waals surface area (Å²) in [7, 11) is 0. The Hall–Kier alpha value is -1.72. The highest BCUT2D eigenvalue weighted by molar-refractivity contribution is 7.10. The van der Waals surface area contributed by atoms with Gasteiger partial charge in [-0.25, -0.2) is 4.39 Å². The van der Waals surface area contributed by atoms with Crippen LogP contribution < -0.4 is 5.32 Å². The van der Waals surface area contributed by atoms with Gasteiger partial charge in [0.1, 0.15) is 5.82 Å². The number of amides is 1. The Morgan fingerprint density at radius 3 is 3.05 bits per heavy atom. The standard InChI is InChI=1S/C17H19FN2OS/c18-15-4-2-1-3-13(15)5-8-19-17(21)12-20-9-6-16-14(11-20)7-10-22-16/h1-4,7,10H,5-6,8-9,11-12H2,(H,19,21). The summed E-state index contributed by atoms with van der Waals surface area (Å²) >= 11 is 1.80. The van der Waals surface area contributed by atoms with Crippen molar-refractivity contribution in [1.82, 2.24) is 10.2 Å². The zero-order valence-electron chi connectivity index (χ0n) is 12.3. The molecule has 1 aromatic carbocycles. The van der Waals surface area contributed by atoms with Gasteiger partial charge in [-0.3, -0.25) is 9.69 Å². The van der Waals surface area contributed by atoms with Gasteiger partial charge in [0, 0.05) is 24.5 Å². The van der Waals surface area contributed by atoms with E-state index in [0.29, 0.717) is 25.1 Å². The van der Waals surface area contributed by atoms with Crippen molar-refractivity contribution in [3.8, 4) is 0 Å². The van der Waals surface area contributed by atoms with Gasteiger partial charge in [-0.15, -0.1) is 11.3 Å². The molecule has 1 N–H and O–H groups in total. The van der Waals surface area contributed by atoms with Crippen LogP contribution in [0.15, 0.2) is 35.7 Å². The quantitative estimate of drug-likeness (QED) is 0.919. The zero-order valence-corrected chi connectivity index (χ0v) is 13.2. The Balaban J connectivity index is 1.43. The molecule has 0 radical (unpaired) electrons. The van der Waals surface area contributed by atoms with E-state index in [9.17, 15) is 9.18 Å². The molecule has 0 fully saturated rings. The van der Waals surface area contributed by atoms with E-state index in [2.05, 4.69) is 21.7 Å². The predicted octanol–water partition coefficient (Wildman–Crippen LogP) is 2.60. The lowest BCUT2D eigenvalue weighted by molar-refractivity contribution is -0.122. The van der Waals surface area contributed by atoms with Gasteiger partial charge in [-0.2, -0.15) is 0 Å². The fraction of sp³-hybridized carbons (Fsp3) is 0.353. The molecule has 0 aliphatic carbocycles. The van der Waals surface area contributed by atoms with E-state index in [4.69, 9.17) is 0 Å². The van der Waals surface area contributed by atoms with Crippen molar-refractivity contribution in [3.63, 3.8) is 0 Å². The fourth-order valence-electron chi connectivity index (χ4n) is 2.74. The van der Waals surface area contributed by atoms with Gasteiger partial charge in [-0.05, 0) is 41.5 Å². The summed E-state index contributed by atoms with van der Waals surface area (Å²) in [6.07, 6.45) is 1.54. The summed E-state index contributed by atoms with van der Waals surface area (Å²) in [4.78, 5) is 15.6. The van der Waals surface area contributed by atoms with Crippen molar-refractivity contribution in [2.75, 3.05) is 19.6 Å². The van der Waals surface area contributed by atoms with Crippen LogP contribution in [-0.4, -0.2) is 30.4 Å². The molecule has 3 rings (SSSR count). The van der Waals surface area contributed by atoms with E-state index in [0.717, 1.165) is 19.5 Å². The van der Waals surface area contributed by atoms with Crippen molar-refractivity contribution in [2.24, 2.45) is 0 Å². The molecule has 0 bridgehead atoms. The second-order valence-corrected chi connectivity index (χ2v) is 6.52. The number of fused-ring (bicyclic) bond motifs is 1. The van der Waals surface area contributed by atoms with Crippen molar-refractivity contribution in [3.05, 3.63) is 57.5 Å². The van der Waals surface area contributed by atoms with Gasteiger partial charge < -0.3 is 5.32 Å². The van der Waals surface area contributed by atoms with Gasteiger partial charge in [0.25, 0.3) is 0 Å². The Labute approximate surface area is 133 Å². The molecule has 0 atom stereocenters. The third-order valence-corrected chi connectivity index (χ3v) is 4.95. The SMILES string of the molecule is O=C(CN1CCc2sccc2C1)NCCc1ccccc1F. The number of halogens is 1. The molecule has 2 heterocycles. The second kappa shape index (κ2) is 7.03. The minimum absolute atomic E-state index is 0.00928. The molecule has 1 aliphatic rings. The molecule has 0 unspecified atom stereocenters. The smallest absolute Gasteiger partial charge is 0.234 e. The fourth-order valence-corrected chi connectivity index (χ4v) is 3.63.